The van der Waals surface area contributed by atoms with Crippen LogP contribution in [0, 0.1) is 6.92 Å². The Bertz CT molecular complexity index is 621. The third-order valence-corrected chi connectivity index (χ3v) is 4.53. The van der Waals surface area contributed by atoms with Crippen LogP contribution in [0.2, 0.25) is 0 Å². The normalized spacial score (nSPS) is 12.0. The van der Waals surface area contributed by atoms with Crippen molar-refractivity contribution in [3.63, 3.8) is 0 Å². The SMILES string of the molecule is CCCNC(=O)CNC(=NC)NC(C)c1nc(C)c(C(=O)OCC)s1.I. The van der Waals surface area contributed by atoms with Crippen LogP contribution in [-0.4, -0.2) is 49.6 Å². The van der Waals surface area contributed by atoms with Crippen LogP contribution in [0.1, 0.15) is 53.6 Å². The smallest absolute Gasteiger partial charge is 0.350 e. The van der Waals surface area contributed by atoms with Crippen molar-refractivity contribution in [1.82, 2.24) is 20.9 Å². The number of carbonyl (C=O) groups is 2. The van der Waals surface area contributed by atoms with Crippen molar-refractivity contribution in [3.05, 3.63) is 15.6 Å². The van der Waals surface area contributed by atoms with Gasteiger partial charge in [0, 0.05) is 13.6 Å². The highest BCUT2D eigenvalue weighted by Crippen LogP contribution is 2.24. The van der Waals surface area contributed by atoms with Crippen molar-refractivity contribution < 1.29 is 14.3 Å². The summed E-state index contributed by atoms with van der Waals surface area (Å²) in [4.78, 5) is 32.6. The molecule has 0 aliphatic carbocycles. The quantitative estimate of drug-likeness (QED) is 0.220. The van der Waals surface area contributed by atoms with Gasteiger partial charge in [0.25, 0.3) is 0 Å². The second-order valence-electron chi connectivity index (χ2n) is 5.33. The molecule has 8 nitrogen and oxygen atoms in total. The van der Waals surface area contributed by atoms with E-state index < -0.39 is 0 Å². The molecule has 1 amide bonds. The molecule has 1 aromatic heterocycles. The van der Waals surface area contributed by atoms with Crippen LogP contribution in [0.5, 0.6) is 0 Å². The van der Waals surface area contributed by atoms with E-state index in [0.717, 1.165) is 11.4 Å². The molecule has 0 aliphatic heterocycles. The summed E-state index contributed by atoms with van der Waals surface area (Å²) in [6.45, 7) is 8.58. The Morgan fingerprint density at radius 1 is 1.31 bits per heavy atom. The monoisotopic (exact) mass is 497 g/mol. The maximum Gasteiger partial charge on any atom is 0.350 e. The molecular weight excluding hydrogens is 469 g/mol. The number of nitrogens with zero attached hydrogens (tertiary/aromatic N) is 2. The van der Waals surface area contributed by atoms with Crippen LogP contribution in [-0.2, 0) is 9.53 Å². The first-order chi connectivity index (χ1) is 11.9. The minimum absolute atomic E-state index is 0. The van der Waals surface area contributed by atoms with Gasteiger partial charge in [-0.15, -0.1) is 35.3 Å². The number of thiazole rings is 1. The van der Waals surface area contributed by atoms with Crippen molar-refractivity contribution in [2.75, 3.05) is 26.7 Å². The number of carbonyl (C=O) groups excluding carboxylic acids is 2. The van der Waals surface area contributed by atoms with Crippen molar-refractivity contribution in [1.29, 1.82) is 0 Å². The van der Waals surface area contributed by atoms with E-state index in [9.17, 15) is 9.59 Å². The van der Waals surface area contributed by atoms with E-state index in [1.807, 2.05) is 13.8 Å². The summed E-state index contributed by atoms with van der Waals surface area (Å²) in [6, 6.07) is -0.170. The van der Waals surface area contributed by atoms with Crippen LogP contribution in [0.15, 0.2) is 4.99 Å². The molecule has 3 N–H and O–H groups in total. The van der Waals surface area contributed by atoms with Gasteiger partial charge in [-0.1, -0.05) is 6.92 Å². The van der Waals surface area contributed by atoms with Crippen molar-refractivity contribution in [2.45, 2.75) is 40.2 Å². The molecule has 1 rings (SSSR count). The van der Waals surface area contributed by atoms with Gasteiger partial charge in [-0.25, -0.2) is 9.78 Å². The molecule has 26 heavy (non-hydrogen) atoms. The van der Waals surface area contributed by atoms with Gasteiger partial charge >= 0.3 is 5.97 Å². The minimum Gasteiger partial charge on any atom is -0.462 e. The summed E-state index contributed by atoms with van der Waals surface area (Å²) in [7, 11) is 1.63. The van der Waals surface area contributed by atoms with E-state index in [4.69, 9.17) is 4.74 Å². The third kappa shape index (κ3) is 7.85. The lowest BCUT2D eigenvalue weighted by molar-refractivity contribution is -0.120. The molecule has 0 bridgehead atoms. The lowest BCUT2D eigenvalue weighted by Gasteiger charge is -2.16. The summed E-state index contributed by atoms with van der Waals surface area (Å²) in [5, 5.41) is 9.65. The maximum atomic E-state index is 11.9. The predicted molar refractivity (Wildman–Crippen MR) is 114 cm³/mol. The standard InChI is InChI=1S/C16H27N5O3S.HI/c1-6-8-18-12(22)9-19-16(17-5)21-11(4)14-20-10(3)13(25-14)15(23)24-7-2;/h11H,6-9H2,1-5H3,(H,18,22)(H2,17,19,21);1H. The molecule has 0 saturated carbocycles. The fourth-order valence-electron chi connectivity index (χ4n) is 1.94. The molecule has 0 spiro atoms. The summed E-state index contributed by atoms with van der Waals surface area (Å²) >= 11 is 1.29. The Kier molecular flexibility index (Phi) is 12.1. The van der Waals surface area contributed by atoms with Crippen LogP contribution in [0.4, 0.5) is 0 Å². The minimum atomic E-state index is -0.356. The number of nitrogens with one attached hydrogen (secondary N) is 3. The van der Waals surface area contributed by atoms with E-state index in [2.05, 4.69) is 25.9 Å². The van der Waals surface area contributed by atoms with Gasteiger partial charge in [-0.3, -0.25) is 9.79 Å². The highest BCUT2D eigenvalue weighted by atomic mass is 127. The fraction of sp³-hybridized carbons (Fsp3) is 0.625. The Morgan fingerprint density at radius 2 is 2.00 bits per heavy atom. The van der Waals surface area contributed by atoms with Gasteiger partial charge in [0.2, 0.25) is 5.91 Å². The van der Waals surface area contributed by atoms with E-state index in [1.54, 1.807) is 20.9 Å². The molecule has 0 aromatic carbocycles. The number of aryl methyl sites for hydroxylation is 1. The van der Waals surface area contributed by atoms with E-state index in [0.29, 0.717) is 29.7 Å². The number of guanidine groups is 1. The van der Waals surface area contributed by atoms with Gasteiger partial charge in [0.1, 0.15) is 9.88 Å². The summed E-state index contributed by atoms with van der Waals surface area (Å²) in [5.41, 5.74) is 0.647. The molecule has 0 aliphatic rings. The maximum absolute atomic E-state index is 11.9. The molecule has 1 unspecified atom stereocenters. The lowest BCUT2D eigenvalue weighted by atomic mass is 10.3. The van der Waals surface area contributed by atoms with Gasteiger partial charge in [0.15, 0.2) is 5.96 Å². The molecule has 148 valence electrons. The summed E-state index contributed by atoms with van der Waals surface area (Å²) in [6.07, 6.45) is 0.891. The Labute approximate surface area is 175 Å². The molecule has 10 heteroatoms. The van der Waals surface area contributed by atoms with E-state index >= 15 is 0 Å². The average Bonchev–Trinajstić information content (AvgIpc) is 2.98. The van der Waals surface area contributed by atoms with Gasteiger partial charge in [0.05, 0.1) is 24.9 Å². The Hall–Kier alpha value is -1.43. The largest absolute Gasteiger partial charge is 0.462 e. The number of esters is 1. The van der Waals surface area contributed by atoms with Crippen molar-refractivity contribution >= 4 is 53.1 Å². The van der Waals surface area contributed by atoms with Crippen LogP contribution >= 0.6 is 35.3 Å². The van der Waals surface area contributed by atoms with Crippen molar-refractivity contribution in [3.8, 4) is 0 Å². The molecular formula is C16H28IN5O3S. The number of ether oxygens (including phenoxy) is 1. The van der Waals surface area contributed by atoms with Gasteiger partial charge < -0.3 is 20.7 Å². The molecule has 0 fully saturated rings. The fourth-order valence-corrected chi connectivity index (χ4v) is 2.90. The summed E-state index contributed by atoms with van der Waals surface area (Å²) in [5.74, 6) is 0.0443. The summed E-state index contributed by atoms with van der Waals surface area (Å²) < 4.78 is 5.03. The second-order valence-corrected chi connectivity index (χ2v) is 6.36. The van der Waals surface area contributed by atoms with Gasteiger partial charge in [-0.05, 0) is 27.2 Å². The topological polar surface area (TPSA) is 105 Å². The zero-order valence-corrected chi connectivity index (χ0v) is 19.0. The number of aromatic nitrogens is 1. The average molecular weight is 497 g/mol. The molecule has 0 saturated heterocycles. The first-order valence-corrected chi connectivity index (χ1v) is 9.12. The highest BCUT2D eigenvalue weighted by Gasteiger charge is 2.20. The van der Waals surface area contributed by atoms with Gasteiger partial charge in [-0.2, -0.15) is 0 Å². The number of amides is 1. The predicted octanol–water partition coefficient (Wildman–Crippen LogP) is 2.00. The van der Waals surface area contributed by atoms with E-state index in [-0.39, 0.29) is 48.4 Å². The second kappa shape index (κ2) is 12.8. The lowest BCUT2D eigenvalue weighted by Crippen LogP contribution is -2.44. The molecule has 1 aromatic rings. The van der Waals surface area contributed by atoms with E-state index in [1.165, 1.54) is 11.3 Å². The zero-order chi connectivity index (χ0) is 18.8. The van der Waals surface area contributed by atoms with Crippen LogP contribution in [0.3, 0.4) is 0 Å². The molecule has 1 heterocycles. The number of hydrogen-bond donors (Lipinski definition) is 3. The third-order valence-electron chi connectivity index (χ3n) is 3.21. The van der Waals surface area contributed by atoms with Crippen LogP contribution < -0.4 is 16.0 Å². The van der Waals surface area contributed by atoms with Crippen molar-refractivity contribution in [2.24, 2.45) is 4.99 Å². The number of hydrogen-bond acceptors (Lipinski definition) is 6. The van der Waals surface area contributed by atoms with Crippen LogP contribution in [0.25, 0.3) is 0 Å². The first-order valence-electron chi connectivity index (χ1n) is 8.31. The number of aliphatic imine (C=N–C) groups is 1. The highest BCUT2D eigenvalue weighted by molar-refractivity contribution is 14.0. The molecule has 0 radical (unpaired) electrons. The Balaban J connectivity index is 0.00000625. The number of rotatable bonds is 8. The zero-order valence-electron chi connectivity index (χ0n) is 15.8. The first kappa shape index (κ1) is 24.6. The number of halogens is 1. The molecule has 1 atom stereocenters. The Morgan fingerprint density at radius 3 is 2.58 bits per heavy atom.